The first-order valence-corrected chi connectivity index (χ1v) is 10.1. The van der Waals surface area contributed by atoms with E-state index in [0.29, 0.717) is 11.3 Å². The summed E-state index contributed by atoms with van der Waals surface area (Å²) >= 11 is 0. The normalized spacial score (nSPS) is 10.3. The van der Waals surface area contributed by atoms with E-state index >= 15 is 0 Å². The van der Waals surface area contributed by atoms with E-state index in [9.17, 15) is 9.59 Å². The van der Waals surface area contributed by atoms with E-state index in [2.05, 4.69) is 17.6 Å². The molecular formula is C23H31N3O3. The van der Waals surface area contributed by atoms with Gasteiger partial charge in [-0.2, -0.15) is 0 Å². The molecule has 2 amide bonds. The van der Waals surface area contributed by atoms with Crippen molar-refractivity contribution in [2.45, 2.75) is 32.6 Å². The van der Waals surface area contributed by atoms with E-state index in [-0.39, 0.29) is 18.4 Å². The number of carbonyl (C=O) groups is 2. The zero-order valence-corrected chi connectivity index (χ0v) is 17.5. The maximum absolute atomic E-state index is 12.2. The molecule has 0 spiro atoms. The summed E-state index contributed by atoms with van der Waals surface area (Å²) in [5.74, 6) is 0.543. The van der Waals surface area contributed by atoms with Crippen molar-refractivity contribution in [1.29, 1.82) is 0 Å². The molecule has 0 atom stereocenters. The zero-order chi connectivity index (χ0) is 21.1. The lowest BCUT2D eigenvalue weighted by Gasteiger charge is -2.12. The monoisotopic (exact) mass is 397 g/mol. The van der Waals surface area contributed by atoms with Crippen LogP contribution in [0.3, 0.4) is 0 Å². The maximum Gasteiger partial charge on any atom is 0.253 e. The van der Waals surface area contributed by atoms with Gasteiger partial charge in [0.2, 0.25) is 5.91 Å². The molecule has 29 heavy (non-hydrogen) atoms. The van der Waals surface area contributed by atoms with E-state index in [1.165, 1.54) is 24.2 Å². The van der Waals surface area contributed by atoms with Gasteiger partial charge in [0.1, 0.15) is 5.75 Å². The molecule has 6 nitrogen and oxygen atoms in total. The second kappa shape index (κ2) is 11.7. The molecule has 0 unspecified atom stereocenters. The molecule has 0 fully saturated rings. The quantitative estimate of drug-likeness (QED) is 0.552. The molecule has 2 aromatic carbocycles. The van der Waals surface area contributed by atoms with Gasteiger partial charge in [0, 0.05) is 31.0 Å². The minimum absolute atomic E-state index is 0.105. The van der Waals surface area contributed by atoms with Crippen molar-refractivity contribution in [3.63, 3.8) is 0 Å². The number of anilines is 2. The van der Waals surface area contributed by atoms with E-state index in [4.69, 9.17) is 4.74 Å². The van der Waals surface area contributed by atoms with Crippen LogP contribution in [0.25, 0.3) is 0 Å². The Balaban J connectivity index is 1.77. The molecular weight excluding hydrogens is 366 g/mol. The Morgan fingerprint density at radius 2 is 1.72 bits per heavy atom. The van der Waals surface area contributed by atoms with Crippen molar-refractivity contribution < 1.29 is 14.3 Å². The molecule has 0 bridgehead atoms. The zero-order valence-electron chi connectivity index (χ0n) is 17.5. The van der Waals surface area contributed by atoms with E-state index < -0.39 is 0 Å². The standard InChI is InChI=1S/C23H31N3O3/c1-4-5-6-7-15-29-21-13-11-19(12-14-21)24-17-22(27)25-20-10-8-9-18(16-20)23(28)26(2)3/h8-14,16,24H,4-7,15,17H2,1-3H3,(H,25,27). The summed E-state index contributed by atoms with van der Waals surface area (Å²) in [5, 5.41) is 5.89. The minimum Gasteiger partial charge on any atom is -0.494 e. The number of hydrogen-bond donors (Lipinski definition) is 2. The highest BCUT2D eigenvalue weighted by atomic mass is 16.5. The van der Waals surface area contributed by atoms with Crippen LogP contribution in [0.4, 0.5) is 11.4 Å². The van der Waals surface area contributed by atoms with Gasteiger partial charge in [-0.05, 0) is 48.9 Å². The molecule has 0 aromatic heterocycles. The lowest BCUT2D eigenvalue weighted by atomic mass is 10.2. The molecule has 6 heteroatoms. The third-order valence-corrected chi connectivity index (χ3v) is 4.37. The smallest absolute Gasteiger partial charge is 0.253 e. The average molecular weight is 398 g/mol. The van der Waals surface area contributed by atoms with Gasteiger partial charge >= 0.3 is 0 Å². The Hall–Kier alpha value is -3.02. The van der Waals surface area contributed by atoms with Crippen molar-refractivity contribution in [2.24, 2.45) is 0 Å². The van der Waals surface area contributed by atoms with Crippen molar-refractivity contribution >= 4 is 23.2 Å². The Labute approximate surface area is 173 Å². The van der Waals surface area contributed by atoms with Crippen molar-refractivity contribution in [3.05, 3.63) is 54.1 Å². The topological polar surface area (TPSA) is 70.7 Å². The lowest BCUT2D eigenvalue weighted by molar-refractivity contribution is -0.114. The van der Waals surface area contributed by atoms with Crippen LogP contribution < -0.4 is 15.4 Å². The molecule has 2 N–H and O–H groups in total. The Bertz CT molecular complexity index is 788. The number of rotatable bonds is 11. The van der Waals surface area contributed by atoms with Gasteiger partial charge in [-0.25, -0.2) is 0 Å². The Kier molecular flexibility index (Phi) is 9.02. The number of nitrogens with one attached hydrogen (secondary N) is 2. The summed E-state index contributed by atoms with van der Waals surface area (Å²) in [6.45, 7) is 3.05. The predicted octanol–water partition coefficient (Wildman–Crippen LogP) is 4.40. The van der Waals surface area contributed by atoms with Crippen LogP contribution in [0.1, 0.15) is 43.0 Å². The molecule has 156 valence electrons. The van der Waals surface area contributed by atoms with Crippen molar-refractivity contribution in [2.75, 3.05) is 37.9 Å². The highest BCUT2D eigenvalue weighted by Crippen LogP contribution is 2.16. The summed E-state index contributed by atoms with van der Waals surface area (Å²) in [7, 11) is 3.39. The van der Waals surface area contributed by atoms with Gasteiger partial charge in [-0.3, -0.25) is 9.59 Å². The van der Waals surface area contributed by atoms with Gasteiger partial charge in [0.15, 0.2) is 0 Å². The van der Waals surface area contributed by atoms with Gasteiger partial charge < -0.3 is 20.3 Å². The van der Waals surface area contributed by atoms with Gasteiger partial charge in [-0.15, -0.1) is 0 Å². The largest absolute Gasteiger partial charge is 0.494 e. The molecule has 0 aliphatic carbocycles. The first-order chi connectivity index (χ1) is 14.0. The SMILES string of the molecule is CCCCCCOc1ccc(NCC(=O)Nc2cccc(C(=O)N(C)C)c2)cc1. The summed E-state index contributed by atoms with van der Waals surface area (Å²) in [6.07, 6.45) is 4.71. The number of ether oxygens (including phenoxy) is 1. The van der Waals surface area contributed by atoms with Crippen LogP contribution in [0.5, 0.6) is 5.75 Å². The number of carbonyl (C=O) groups excluding carboxylic acids is 2. The first kappa shape index (κ1) is 22.3. The second-order valence-corrected chi connectivity index (χ2v) is 7.12. The highest BCUT2D eigenvalue weighted by Gasteiger charge is 2.09. The molecule has 0 radical (unpaired) electrons. The van der Waals surface area contributed by atoms with Gasteiger partial charge in [0.25, 0.3) is 5.91 Å². The number of unbranched alkanes of at least 4 members (excludes halogenated alkanes) is 3. The fourth-order valence-electron chi connectivity index (χ4n) is 2.76. The number of benzene rings is 2. The molecule has 0 aliphatic rings. The highest BCUT2D eigenvalue weighted by molar-refractivity contribution is 5.97. The van der Waals surface area contributed by atoms with Crippen LogP contribution in [-0.4, -0.2) is 44.0 Å². The van der Waals surface area contributed by atoms with Crippen LogP contribution in [0.15, 0.2) is 48.5 Å². The summed E-state index contributed by atoms with van der Waals surface area (Å²) < 4.78 is 5.72. The molecule has 0 saturated heterocycles. The molecule has 2 aromatic rings. The number of amides is 2. The Morgan fingerprint density at radius 1 is 0.966 bits per heavy atom. The number of hydrogen-bond acceptors (Lipinski definition) is 4. The summed E-state index contributed by atoms with van der Waals surface area (Å²) in [5.41, 5.74) is 1.97. The lowest BCUT2D eigenvalue weighted by Crippen LogP contribution is -2.23. The summed E-state index contributed by atoms with van der Waals surface area (Å²) in [4.78, 5) is 25.7. The molecule has 0 heterocycles. The van der Waals surface area contributed by atoms with Crippen LogP contribution in [-0.2, 0) is 4.79 Å². The second-order valence-electron chi connectivity index (χ2n) is 7.12. The van der Waals surface area contributed by atoms with E-state index in [1.54, 1.807) is 38.4 Å². The van der Waals surface area contributed by atoms with Crippen LogP contribution in [0, 0.1) is 0 Å². The van der Waals surface area contributed by atoms with E-state index in [0.717, 1.165) is 24.5 Å². The third kappa shape index (κ3) is 7.86. The predicted molar refractivity (Wildman–Crippen MR) is 118 cm³/mol. The minimum atomic E-state index is -0.185. The maximum atomic E-state index is 12.2. The fraction of sp³-hybridized carbons (Fsp3) is 0.391. The first-order valence-electron chi connectivity index (χ1n) is 10.1. The summed E-state index contributed by atoms with van der Waals surface area (Å²) in [6, 6.07) is 14.5. The van der Waals surface area contributed by atoms with Gasteiger partial charge in [0.05, 0.1) is 13.2 Å². The molecule has 2 rings (SSSR count). The van der Waals surface area contributed by atoms with Crippen molar-refractivity contribution in [1.82, 2.24) is 4.90 Å². The Morgan fingerprint density at radius 3 is 2.41 bits per heavy atom. The third-order valence-electron chi connectivity index (χ3n) is 4.37. The van der Waals surface area contributed by atoms with Crippen LogP contribution >= 0.6 is 0 Å². The van der Waals surface area contributed by atoms with Gasteiger partial charge in [-0.1, -0.05) is 32.3 Å². The fourth-order valence-corrected chi connectivity index (χ4v) is 2.76. The van der Waals surface area contributed by atoms with E-state index in [1.807, 2.05) is 24.3 Å². The molecule has 0 saturated carbocycles. The van der Waals surface area contributed by atoms with Crippen molar-refractivity contribution in [3.8, 4) is 5.75 Å². The van der Waals surface area contributed by atoms with Crippen LogP contribution in [0.2, 0.25) is 0 Å². The average Bonchev–Trinajstić information content (AvgIpc) is 2.72. The molecule has 0 aliphatic heterocycles. The number of nitrogens with zero attached hydrogens (tertiary/aromatic N) is 1.